The zero-order valence-electron chi connectivity index (χ0n) is 12.0. The van der Waals surface area contributed by atoms with E-state index in [9.17, 15) is 9.90 Å². The summed E-state index contributed by atoms with van der Waals surface area (Å²) >= 11 is 0. The van der Waals surface area contributed by atoms with Crippen LogP contribution in [0.25, 0.3) is 0 Å². The van der Waals surface area contributed by atoms with Gasteiger partial charge < -0.3 is 20.2 Å². The predicted molar refractivity (Wildman–Crippen MR) is 75.4 cm³/mol. The van der Waals surface area contributed by atoms with E-state index in [-0.39, 0.29) is 6.04 Å². The molecule has 1 atom stereocenters. The molecule has 5 heteroatoms. The smallest absolute Gasteiger partial charge is 0.320 e. The molecule has 1 aliphatic heterocycles. The normalized spacial score (nSPS) is 22.0. The number of nitrogens with zero attached hydrogens (tertiary/aromatic N) is 2. The number of carbonyl (C=O) groups is 1. The summed E-state index contributed by atoms with van der Waals surface area (Å²) in [5, 5.41) is 12.4. The van der Waals surface area contributed by atoms with Crippen molar-refractivity contribution in [2.24, 2.45) is 0 Å². The molecule has 2 N–H and O–H groups in total. The van der Waals surface area contributed by atoms with Crippen LogP contribution in [0.3, 0.4) is 0 Å². The Morgan fingerprint density at radius 1 is 1.37 bits per heavy atom. The van der Waals surface area contributed by atoms with Crippen LogP contribution in [0.5, 0.6) is 0 Å². The van der Waals surface area contributed by atoms with Crippen LogP contribution in [0.2, 0.25) is 0 Å². The number of likely N-dealkylation sites (N-methyl/N-ethyl adjacent to an activating group) is 1. The van der Waals surface area contributed by atoms with E-state index in [1.54, 1.807) is 0 Å². The van der Waals surface area contributed by atoms with Crippen molar-refractivity contribution in [3.05, 3.63) is 0 Å². The first kappa shape index (κ1) is 14.8. The molecule has 0 radical (unpaired) electrons. The number of rotatable bonds is 9. The van der Waals surface area contributed by atoms with E-state index < -0.39 is 5.97 Å². The summed E-state index contributed by atoms with van der Waals surface area (Å²) in [6, 6.07) is 0.0812. The van der Waals surface area contributed by atoms with Crippen molar-refractivity contribution in [3.8, 4) is 0 Å². The zero-order valence-corrected chi connectivity index (χ0v) is 12.0. The molecule has 2 fully saturated rings. The van der Waals surface area contributed by atoms with Crippen LogP contribution in [0.15, 0.2) is 0 Å². The van der Waals surface area contributed by atoms with E-state index in [0.717, 1.165) is 32.5 Å². The Kier molecular flexibility index (Phi) is 5.60. The Morgan fingerprint density at radius 3 is 2.63 bits per heavy atom. The second-order valence-corrected chi connectivity index (χ2v) is 5.97. The van der Waals surface area contributed by atoms with Crippen LogP contribution < -0.4 is 5.32 Å². The number of likely N-dealkylation sites (tertiary alicyclic amines) is 1. The van der Waals surface area contributed by atoms with E-state index in [1.807, 2.05) is 0 Å². The van der Waals surface area contributed by atoms with Crippen molar-refractivity contribution in [2.45, 2.75) is 44.2 Å². The predicted octanol–water partition coefficient (Wildman–Crippen LogP) is 0.609. The van der Waals surface area contributed by atoms with Gasteiger partial charge in [-0.1, -0.05) is 0 Å². The second kappa shape index (κ2) is 7.22. The first-order chi connectivity index (χ1) is 9.15. The van der Waals surface area contributed by atoms with E-state index in [1.165, 1.54) is 25.9 Å². The maximum absolute atomic E-state index is 11.2. The average Bonchev–Trinajstić information content (AvgIpc) is 3.04. The third-order valence-corrected chi connectivity index (χ3v) is 4.11. The molecule has 110 valence electrons. The Balaban J connectivity index is 1.59. The van der Waals surface area contributed by atoms with Gasteiger partial charge in [0.1, 0.15) is 6.04 Å². The Hall–Kier alpha value is -0.650. The van der Waals surface area contributed by atoms with Gasteiger partial charge in [0.15, 0.2) is 0 Å². The van der Waals surface area contributed by atoms with Gasteiger partial charge in [0, 0.05) is 19.1 Å². The summed E-state index contributed by atoms with van der Waals surface area (Å²) in [7, 11) is 2.09. The topological polar surface area (TPSA) is 55.8 Å². The Bertz CT molecular complexity index is 288. The fourth-order valence-electron chi connectivity index (χ4n) is 2.59. The van der Waals surface area contributed by atoms with Crippen molar-refractivity contribution in [1.29, 1.82) is 0 Å². The van der Waals surface area contributed by atoms with Crippen LogP contribution in [0, 0.1) is 0 Å². The Morgan fingerprint density at radius 2 is 2.05 bits per heavy atom. The third kappa shape index (κ3) is 5.47. The van der Waals surface area contributed by atoms with Crippen molar-refractivity contribution < 1.29 is 9.90 Å². The molecular formula is C14H27N3O2. The van der Waals surface area contributed by atoms with Gasteiger partial charge in [-0.25, -0.2) is 0 Å². The molecule has 0 aromatic heterocycles. The van der Waals surface area contributed by atoms with Gasteiger partial charge in [0.25, 0.3) is 0 Å². The lowest BCUT2D eigenvalue weighted by Gasteiger charge is -2.23. The van der Waals surface area contributed by atoms with Crippen molar-refractivity contribution in [1.82, 2.24) is 15.1 Å². The lowest BCUT2D eigenvalue weighted by Crippen LogP contribution is -2.41. The molecule has 2 aliphatic rings. The van der Waals surface area contributed by atoms with E-state index in [2.05, 4.69) is 22.2 Å². The fraction of sp³-hybridized carbons (Fsp3) is 0.929. The minimum atomic E-state index is -0.708. The summed E-state index contributed by atoms with van der Waals surface area (Å²) < 4.78 is 0. The van der Waals surface area contributed by atoms with Gasteiger partial charge in [-0.3, -0.25) is 4.79 Å². The van der Waals surface area contributed by atoms with Crippen LogP contribution in [-0.4, -0.2) is 72.7 Å². The van der Waals surface area contributed by atoms with Crippen LogP contribution in [0.4, 0.5) is 0 Å². The quantitative estimate of drug-likeness (QED) is 0.642. The molecule has 1 unspecified atom stereocenters. The molecule has 0 bridgehead atoms. The van der Waals surface area contributed by atoms with Crippen LogP contribution in [0.1, 0.15) is 32.1 Å². The van der Waals surface area contributed by atoms with E-state index in [4.69, 9.17) is 0 Å². The highest BCUT2D eigenvalue weighted by Crippen LogP contribution is 2.20. The number of aliphatic carboxylic acids is 1. The molecular weight excluding hydrogens is 242 g/mol. The molecule has 1 heterocycles. The first-order valence-electron chi connectivity index (χ1n) is 7.55. The summed E-state index contributed by atoms with van der Waals surface area (Å²) in [5.74, 6) is -0.708. The highest BCUT2D eigenvalue weighted by Gasteiger charge is 2.28. The van der Waals surface area contributed by atoms with Gasteiger partial charge in [-0.2, -0.15) is 0 Å². The van der Waals surface area contributed by atoms with Gasteiger partial charge in [0.05, 0.1) is 0 Å². The summed E-state index contributed by atoms with van der Waals surface area (Å²) in [4.78, 5) is 15.9. The molecule has 19 heavy (non-hydrogen) atoms. The van der Waals surface area contributed by atoms with E-state index in [0.29, 0.717) is 12.5 Å². The molecule has 0 aromatic rings. The number of carboxylic acids is 1. The molecule has 0 spiro atoms. The molecule has 1 aliphatic carbocycles. The van der Waals surface area contributed by atoms with Crippen molar-refractivity contribution in [2.75, 3.05) is 39.8 Å². The number of carboxylic acid groups (broad SMARTS) is 1. The molecule has 1 saturated heterocycles. The highest BCUT2D eigenvalue weighted by atomic mass is 16.4. The number of hydrogen-bond acceptors (Lipinski definition) is 4. The molecule has 5 nitrogen and oxygen atoms in total. The number of nitrogens with one attached hydrogen (secondary N) is 1. The fourth-order valence-corrected chi connectivity index (χ4v) is 2.59. The second-order valence-electron chi connectivity index (χ2n) is 5.97. The minimum Gasteiger partial charge on any atom is -0.480 e. The lowest BCUT2D eigenvalue weighted by molar-refractivity contribution is -0.139. The van der Waals surface area contributed by atoms with Crippen LogP contribution >= 0.6 is 0 Å². The van der Waals surface area contributed by atoms with Crippen molar-refractivity contribution in [3.63, 3.8) is 0 Å². The third-order valence-electron chi connectivity index (χ3n) is 4.11. The lowest BCUT2D eigenvalue weighted by atomic mass is 10.2. The number of hydrogen-bond donors (Lipinski definition) is 2. The van der Waals surface area contributed by atoms with Gasteiger partial charge in [-0.15, -0.1) is 0 Å². The maximum atomic E-state index is 11.2. The molecule has 2 rings (SSSR count). The summed E-state index contributed by atoms with van der Waals surface area (Å²) in [6.45, 7) is 5.47. The van der Waals surface area contributed by atoms with Gasteiger partial charge in [0.2, 0.25) is 0 Å². The SMILES string of the molecule is CN(CCC(NC1CC1)C(=O)O)CCN1CCCC1. The monoisotopic (exact) mass is 269 g/mol. The molecule has 0 aromatic carbocycles. The maximum Gasteiger partial charge on any atom is 0.320 e. The summed E-state index contributed by atoms with van der Waals surface area (Å²) in [5.41, 5.74) is 0. The Labute approximate surface area is 115 Å². The molecule has 1 saturated carbocycles. The van der Waals surface area contributed by atoms with Gasteiger partial charge >= 0.3 is 5.97 Å². The standard InChI is InChI=1S/C14H27N3O2/c1-16(10-11-17-7-2-3-8-17)9-6-13(14(18)19)15-12-4-5-12/h12-13,15H,2-11H2,1H3,(H,18,19). The minimum absolute atomic E-state index is 0.373. The zero-order chi connectivity index (χ0) is 13.7. The van der Waals surface area contributed by atoms with Crippen molar-refractivity contribution >= 4 is 5.97 Å². The van der Waals surface area contributed by atoms with Gasteiger partial charge in [-0.05, 0) is 58.8 Å². The highest BCUT2D eigenvalue weighted by molar-refractivity contribution is 5.73. The van der Waals surface area contributed by atoms with Crippen LogP contribution in [-0.2, 0) is 4.79 Å². The average molecular weight is 269 g/mol. The van der Waals surface area contributed by atoms with E-state index >= 15 is 0 Å². The molecule has 0 amide bonds. The largest absolute Gasteiger partial charge is 0.480 e. The first-order valence-corrected chi connectivity index (χ1v) is 7.55. The summed E-state index contributed by atoms with van der Waals surface area (Å²) in [6.07, 6.45) is 5.62.